The molecule has 0 radical (unpaired) electrons. The summed E-state index contributed by atoms with van der Waals surface area (Å²) in [5, 5.41) is 4.69. The molecule has 2 N–H and O–H groups in total. The maximum Gasteiger partial charge on any atom is 0.251 e. The fraction of sp³-hybridized carbons (Fsp3) is 0.222. The van der Waals surface area contributed by atoms with Crippen LogP contribution >= 0.6 is 11.8 Å². The van der Waals surface area contributed by atoms with Crippen molar-refractivity contribution in [2.75, 3.05) is 18.1 Å². The lowest BCUT2D eigenvalue weighted by Gasteiger charge is -2.13. The lowest BCUT2D eigenvalue weighted by atomic mass is 10.1. The number of hydrogen-bond donors (Lipinski definition) is 2. The zero-order valence-corrected chi connectivity index (χ0v) is 14.6. The van der Waals surface area contributed by atoms with Gasteiger partial charge in [0.25, 0.3) is 5.91 Å². The lowest BCUT2D eigenvalue weighted by molar-refractivity contribution is -0.113. The van der Waals surface area contributed by atoms with Crippen molar-refractivity contribution in [3.05, 3.63) is 65.2 Å². The summed E-state index contributed by atoms with van der Waals surface area (Å²) in [7, 11) is 1.54. The molecule has 0 aliphatic carbocycles. The van der Waals surface area contributed by atoms with Crippen LogP contribution in [0.2, 0.25) is 0 Å². The molecule has 0 fully saturated rings. The van der Waals surface area contributed by atoms with Crippen LogP contribution in [0.1, 0.15) is 28.1 Å². The average molecular weight is 364 g/mol. The van der Waals surface area contributed by atoms with Gasteiger partial charge in [-0.1, -0.05) is 6.07 Å². The van der Waals surface area contributed by atoms with E-state index in [1.54, 1.807) is 31.2 Å². The summed E-state index contributed by atoms with van der Waals surface area (Å²) in [4.78, 5) is 23.4. The molecule has 0 heterocycles. The van der Waals surface area contributed by atoms with Crippen molar-refractivity contribution in [2.24, 2.45) is 0 Å². The fourth-order valence-corrected chi connectivity index (χ4v) is 3.09. The second-order valence-electron chi connectivity index (χ2n) is 5.29. The van der Waals surface area contributed by atoms with E-state index < -0.39 is 16.9 Å². The highest BCUT2D eigenvalue weighted by molar-refractivity contribution is 8.00. The van der Waals surface area contributed by atoms with Crippen LogP contribution in [0.3, 0.4) is 0 Å². The smallest absolute Gasteiger partial charge is 0.251 e. The van der Waals surface area contributed by atoms with Gasteiger partial charge in [0.15, 0.2) is 0 Å². The summed E-state index contributed by atoms with van der Waals surface area (Å²) < 4.78 is 27.4. The molecule has 0 spiro atoms. The first-order valence-electron chi connectivity index (χ1n) is 7.60. The summed E-state index contributed by atoms with van der Waals surface area (Å²) >= 11 is 1.14. The number of benzene rings is 2. The van der Waals surface area contributed by atoms with E-state index >= 15 is 0 Å². The third kappa shape index (κ3) is 5.03. The normalized spacial score (nSPS) is 11.7. The first-order valence-corrected chi connectivity index (χ1v) is 8.64. The van der Waals surface area contributed by atoms with E-state index in [1.807, 2.05) is 0 Å². The van der Waals surface area contributed by atoms with E-state index in [2.05, 4.69) is 10.6 Å². The Labute approximate surface area is 149 Å². The van der Waals surface area contributed by atoms with E-state index in [1.165, 1.54) is 25.2 Å². The van der Waals surface area contributed by atoms with E-state index in [0.717, 1.165) is 11.8 Å². The van der Waals surface area contributed by atoms with Crippen molar-refractivity contribution >= 4 is 29.3 Å². The second kappa shape index (κ2) is 8.62. The second-order valence-corrected chi connectivity index (χ2v) is 6.62. The van der Waals surface area contributed by atoms with Crippen molar-refractivity contribution < 1.29 is 18.4 Å². The molecule has 0 aliphatic rings. The molecule has 132 valence electrons. The summed E-state index contributed by atoms with van der Waals surface area (Å²) in [5.41, 5.74) is 0.997. The molecule has 0 bridgehead atoms. The topological polar surface area (TPSA) is 58.2 Å². The Morgan fingerprint density at radius 3 is 2.24 bits per heavy atom. The molecule has 25 heavy (non-hydrogen) atoms. The minimum absolute atomic E-state index is 0.0322. The molecule has 4 nitrogen and oxygen atoms in total. The van der Waals surface area contributed by atoms with E-state index in [0.29, 0.717) is 11.3 Å². The van der Waals surface area contributed by atoms with Gasteiger partial charge in [0.05, 0.1) is 5.75 Å². The van der Waals surface area contributed by atoms with Gasteiger partial charge in [0.2, 0.25) is 5.91 Å². The van der Waals surface area contributed by atoms with Gasteiger partial charge < -0.3 is 10.6 Å². The van der Waals surface area contributed by atoms with Crippen molar-refractivity contribution in [3.63, 3.8) is 0 Å². The molecular weight excluding hydrogens is 346 g/mol. The first-order chi connectivity index (χ1) is 11.9. The molecule has 0 saturated heterocycles. The Kier molecular flexibility index (Phi) is 6.52. The summed E-state index contributed by atoms with van der Waals surface area (Å²) in [6.45, 7) is 1.65. The highest BCUT2D eigenvalue weighted by Crippen LogP contribution is 2.31. The molecule has 0 saturated carbocycles. The van der Waals surface area contributed by atoms with Crippen molar-refractivity contribution in [1.82, 2.24) is 5.32 Å². The van der Waals surface area contributed by atoms with Crippen LogP contribution in [0.25, 0.3) is 0 Å². The van der Waals surface area contributed by atoms with Crippen LogP contribution in [0.15, 0.2) is 42.5 Å². The number of amides is 2. The monoisotopic (exact) mass is 364 g/mol. The standard InChI is InChI=1S/C18H18F2N2O2S/c1-11(17-14(19)4-3-5-15(17)20)25-10-16(23)22-13-8-6-12(7-9-13)18(24)21-2/h3-9,11H,10H2,1-2H3,(H,21,24)(H,22,23). The molecule has 0 aliphatic heterocycles. The van der Waals surface area contributed by atoms with Crippen molar-refractivity contribution in [2.45, 2.75) is 12.2 Å². The van der Waals surface area contributed by atoms with Crippen LogP contribution in [-0.4, -0.2) is 24.6 Å². The largest absolute Gasteiger partial charge is 0.355 e. The molecule has 0 aromatic heterocycles. The van der Waals surface area contributed by atoms with Crippen LogP contribution < -0.4 is 10.6 Å². The zero-order chi connectivity index (χ0) is 18.4. The minimum Gasteiger partial charge on any atom is -0.355 e. The van der Waals surface area contributed by atoms with Crippen LogP contribution in [-0.2, 0) is 4.79 Å². The molecule has 2 aromatic carbocycles. The van der Waals surface area contributed by atoms with Crippen molar-refractivity contribution in [3.8, 4) is 0 Å². The van der Waals surface area contributed by atoms with Crippen LogP contribution in [0, 0.1) is 11.6 Å². The first kappa shape index (κ1) is 18.9. The third-order valence-electron chi connectivity index (χ3n) is 3.53. The van der Waals surface area contributed by atoms with Crippen LogP contribution in [0.4, 0.5) is 14.5 Å². The number of rotatable bonds is 6. The molecular formula is C18H18F2N2O2S. The van der Waals surface area contributed by atoms with E-state index in [-0.39, 0.29) is 23.1 Å². The Morgan fingerprint density at radius 2 is 1.68 bits per heavy atom. The Morgan fingerprint density at radius 1 is 1.08 bits per heavy atom. The number of carbonyl (C=O) groups excluding carboxylic acids is 2. The summed E-state index contributed by atoms with van der Waals surface area (Å²) in [6.07, 6.45) is 0. The van der Waals surface area contributed by atoms with Gasteiger partial charge in [-0.05, 0) is 43.3 Å². The summed E-state index contributed by atoms with van der Waals surface area (Å²) in [5.74, 6) is -1.70. The Bertz CT molecular complexity index is 746. The summed E-state index contributed by atoms with van der Waals surface area (Å²) in [6, 6.07) is 10.1. The number of hydrogen-bond acceptors (Lipinski definition) is 3. The fourth-order valence-electron chi connectivity index (χ4n) is 2.23. The molecule has 2 rings (SSSR count). The minimum atomic E-state index is -0.620. The maximum atomic E-state index is 13.7. The maximum absolute atomic E-state index is 13.7. The molecule has 1 atom stereocenters. The number of halogens is 2. The van der Waals surface area contributed by atoms with Gasteiger partial charge in [0, 0.05) is 29.1 Å². The number of thioether (sulfide) groups is 1. The predicted molar refractivity (Wildman–Crippen MR) is 95.7 cm³/mol. The Hall–Kier alpha value is -2.41. The third-order valence-corrected chi connectivity index (χ3v) is 4.69. The van der Waals surface area contributed by atoms with Crippen LogP contribution in [0.5, 0.6) is 0 Å². The van der Waals surface area contributed by atoms with Gasteiger partial charge in [-0.2, -0.15) is 0 Å². The number of nitrogens with one attached hydrogen (secondary N) is 2. The molecule has 7 heteroatoms. The average Bonchev–Trinajstić information content (AvgIpc) is 2.60. The molecule has 2 aromatic rings. The van der Waals surface area contributed by atoms with Crippen molar-refractivity contribution in [1.29, 1.82) is 0 Å². The quantitative estimate of drug-likeness (QED) is 0.821. The zero-order valence-electron chi connectivity index (χ0n) is 13.8. The van der Waals surface area contributed by atoms with E-state index in [9.17, 15) is 18.4 Å². The predicted octanol–water partition coefficient (Wildman–Crippen LogP) is 3.76. The Balaban J connectivity index is 1.91. The molecule has 1 unspecified atom stereocenters. The van der Waals surface area contributed by atoms with Gasteiger partial charge in [-0.25, -0.2) is 8.78 Å². The number of anilines is 1. The molecule has 2 amide bonds. The number of carbonyl (C=O) groups is 2. The van der Waals surface area contributed by atoms with Gasteiger partial charge in [0.1, 0.15) is 11.6 Å². The highest BCUT2D eigenvalue weighted by Gasteiger charge is 2.17. The highest BCUT2D eigenvalue weighted by atomic mass is 32.2. The lowest BCUT2D eigenvalue weighted by Crippen LogP contribution is -2.18. The van der Waals surface area contributed by atoms with Gasteiger partial charge in [-0.3, -0.25) is 9.59 Å². The van der Waals surface area contributed by atoms with E-state index in [4.69, 9.17) is 0 Å². The van der Waals surface area contributed by atoms with Gasteiger partial charge >= 0.3 is 0 Å². The van der Waals surface area contributed by atoms with Gasteiger partial charge in [-0.15, -0.1) is 11.8 Å². The SMILES string of the molecule is CNC(=O)c1ccc(NC(=O)CSC(C)c2c(F)cccc2F)cc1.